The number of hydrogen-bond donors (Lipinski definition) is 1. The molecule has 142 valence electrons. The minimum Gasteiger partial charge on any atom is -0.451 e. The quantitative estimate of drug-likeness (QED) is 0.689. The van der Waals surface area contributed by atoms with Gasteiger partial charge in [0.1, 0.15) is 11.3 Å². The van der Waals surface area contributed by atoms with Crippen LogP contribution in [0, 0.1) is 0 Å². The Morgan fingerprint density at radius 3 is 2.48 bits per heavy atom. The highest BCUT2D eigenvalue weighted by Gasteiger charge is 2.31. The molecule has 5 nitrogen and oxygen atoms in total. The lowest BCUT2D eigenvalue weighted by Crippen LogP contribution is -2.23. The summed E-state index contributed by atoms with van der Waals surface area (Å²) >= 11 is 0. The average molecular weight is 379 g/mol. The summed E-state index contributed by atoms with van der Waals surface area (Å²) in [4.78, 5) is 12.5. The summed E-state index contributed by atoms with van der Waals surface area (Å²) in [6.07, 6.45) is -4.74. The normalized spacial score (nSPS) is 11.6. The molecule has 1 heterocycles. The van der Waals surface area contributed by atoms with E-state index in [-0.39, 0.29) is 24.7 Å². The molecular formula is C19H16F3NO4. The van der Waals surface area contributed by atoms with E-state index in [1.165, 1.54) is 31.4 Å². The number of fused-ring (bicyclic) bond motifs is 1. The molecule has 0 atom stereocenters. The van der Waals surface area contributed by atoms with Gasteiger partial charge in [0.2, 0.25) is 0 Å². The Hall–Kier alpha value is -3.00. The standard InChI is InChI=1S/C19H16F3NO4/c1-25-11-15-14-4-2-3-5-16(14)26-17(15)18(24)23-10-12-6-8-13(9-7-12)27-19(20,21)22/h2-9H,10-11H2,1H3,(H,23,24). The first-order chi connectivity index (χ1) is 12.9. The number of ether oxygens (including phenoxy) is 2. The second-order valence-corrected chi connectivity index (χ2v) is 5.71. The lowest BCUT2D eigenvalue weighted by molar-refractivity contribution is -0.274. The summed E-state index contributed by atoms with van der Waals surface area (Å²) in [5.41, 5.74) is 1.82. The Balaban J connectivity index is 1.71. The number of nitrogens with one attached hydrogen (secondary N) is 1. The third kappa shape index (κ3) is 4.59. The van der Waals surface area contributed by atoms with Crippen LogP contribution in [0.15, 0.2) is 52.9 Å². The van der Waals surface area contributed by atoms with Crippen LogP contribution in [0.3, 0.4) is 0 Å². The number of methoxy groups -OCH3 is 1. The van der Waals surface area contributed by atoms with E-state index >= 15 is 0 Å². The van der Waals surface area contributed by atoms with E-state index in [1.807, 2.05) is 12.1 Å². The lowest BCUT2D eigenvalue weighted by Gasteiger charge is -2.09. The van der Waals surface area contributed by atoms with Crippen molar-refractivity contribution in [3.63, 3.8) is 0 Å². The number of carbonyl (C=O) groups excluding carboxylic acids is 1. The Labute approximate surface area is 152 Å². The molecular weight excluding hydrogens is 363 g/mol. The van der Waals surface area contributed by atoms with E-state index in [9.17, 15) is 18.0 Å². The Kier molecular flexibility index (Phi) is 5.36. The zero-order chi connectivity index (χ0) is 19.4. The van der Waals surface area contributed by atoms with Gasteiger partial charge in [0.05, 0.1) is 6.61 Å². The van der Waals surface area contributed by atoms with Gasteiger partial charge in [-0.1, -0.05) is 30.3 Å². The van der Waals surface area contributed by atoms with Crippen LogP contribution in [-0.4, -0.2) is 19.4 Å². The molecule has 0 bridgehead atoms. The molecule has 0 aliphatic carbocycles. The van der Waals surface area contributed by atoms with Gasteiger partial charge < -0.3 is 19.2 Å². The van der Waals surface area contributed by atoms with E-state index in [0.717, 1.165) is 5.39 Å². The van der Waals surface area contributed by atoms with Gasteiger partial charge in [-0.25, -0.2) is 0 Å². The first kappa shape index (κ1) is 18.8. The second-order valence-electron chi connectivity index (χ2n) is 5.71. The third-order valence-electron chi connectivity index (χ3n) is 3.80. The number of furan rings is 1. The predicted octanol–water partition coefficient (Wildman–Crippen LogP) is 4.41. The zero-order valence-electron chi connectivity index (χ0n) is 14.3. The van der Waals surface area contributed by atoms with Crippen LogP contribution in [-0.2, 0) is 17.9 Å². The fourth-order valence-electron chi connectivity index (χ4n) is 2.64. The van der Waals surface area contributed by atoms with Crippen molar-refractivity contribution in [2.24, 2.45) is 0 Å². The first-order valence-corrected chi connectivity index (χ1v) is 7.99. The van der Waals surface area contributed by atoms with Crippen molar-refractivity contribution in [2.75, 3.05) is 7.11 Å². The topological polar surface area (TPSA) is 60.7 Å². The van der Waals surface area contributed by atoms with Gasteiger partial charge in [0.25, 0.3) is 5.91 Å². The molecule has 0 unspecified atom stereocenters. The van der Waals surface area contributed by atoms with Gasteiger partial charge in [-0.05, 0) is 23.8 Å². The number of halogens is 3. The van der Waals surface area contributed by atoms with E-state index in [2.05, 4.69) is 10.1 Å². The third-order valence-corrected chi connectivity index (χ3v) is 3.80. The summed E-state index contributed by atoms with van der Waals surface area (Å²) in [5, 5.41) is 3.48. The Bertz CT molecular complexity index is 932. The van der Waals surface area contributed by atoms with Crippen LogP contribution >= 0.6 is 0 Å². The number of carbonyl (C=O) groups is 1. The summed E-state index contributed by atoms with van der Waals surface area (Å²) in [6.45, 7) is 0.331. The molecule has 0 radical (unpaired) electrons. The van der Waals surface area contributed by atoms with E-state index < -0.39 is 12.3 Å². The first-order valence-electron chi connectivity index (χ1n) is 7.99. The minimum atomic E-state index is -4.74. The predicted molar refractivity (Wildman–Crippen MR) is 91.2 cm³/mol. The molecule has 1 aromatic heterocycles. The van der Waals surface area contributed by atoms with Crippen molar-refractivity contribution in [1.82, 2.24) is 5.32 Å². The van der Waals surface area contributed by atoms with E-state index in [0.29, 0.717) is 16.7 Å². The number of rotatable bonds is 6. The zero-order valence-corrected chi connectivity index (χ0v) is 14.3. The Morgan fingerprint density at radius 1 is 1.11 bits per heavy atom. The van der Waals surface area contributed by atoms with Crippen LogP contribution in [0.25, 0.3) is 11.0 Å². The van der Waals surface area contributed by atoms with Crippen molar-refractivity contribution in [3.8, 4) is 5.75 Å². The maximum absolute atomic E-state index is 12.5. The van der Waals surface area contributed by atoms with Crippen molar-refractivity contribution in [3.05, 3.63) is 65.4 Å². The molecule has 0 spiro atoms. The molecule has 0 aliphatic rings. The van der Waals surface area contributed by atoms with Crippen molar-refractivity contribution in [1.29, 1.82) is 0 Å². The summed E-state index contributed by atoms with van der Waals surface area (Å²) < 4.78 is 51.1. The van der Waals surface area contributed by atoms with E-state index in [4.69, 9.17) is 9.15 Å². The number of amides is 1. The second kappa shape index (κ2) is 7.71. The smallest absolute Gasteiger partial charge is 0.451 e. The van der Waals surface area contributed by atoms with Gasteiger partial charge in [0.15, 0.2) is 5.76 Å². The minimum absolute atomic E-state index is 0.120. The van der Waals surface area contributed by atoms with Crippen LogP contribution in [0.2, 0.25) is 0 Å². The molecule has 0 aliphatic heterocycles. The molecule has 0 saturated carbocycles. The van der Waals surface area contributed by atoms with Crippen LogP contribution in [0.1, 0.15) is 21.7 Å². The summed E-state index contributed by atoms with van der Waals surface area (Å²) in [7, 11) is 1.52. The van der Waals surface area contributed by atoms with Gasteiger partial charge in [-0.2, -0.15) is 0 Å². The fraction of sp³-hybridized carbons (Fsp3) is 0.211. The number of hydrogen-bond acceptors (Lipinski definition) is 4. The van der Waals surface area contributed by atoms with Crippen molar-refractivity contribution in [2.45, 2.75) is 19.5 Å². The van der Waals surface area contributed by atoms with Crippen molar-refractivity contribution < 1.29 is 31.9 Å². The molecule has 3 rings (SSSR count). The molecule has 3 aromatic rings. The monoisotopic (exact) mass is 379 g/mol. The van der Waals surface area contributed by atoms with Gasteiger partial charge >= 0.3 is 6.36 Å². The molecule has 8 heteroatoms. The summed E-state index contributed by atoms with van der Waals surface area (Å²) in [5.74, 6) is -0.610. The van der Waals surface area contributed by atoms with Crippen LogP contribution < -0.4 is 10.1 Å². The maximum Gasteiger partial charge on any atom is 0.573 e. The van der Waals surface area contributed by atoms with Gasteiger partial charge in [-0.3, -0.25) is 4.79 Å². The molecule has 27 heavy (non-hydrogen) atoms. The highest BCUT2D eigenvalue weighted by molar-refractivity contribution is 5.99. The number of alkyl halides is 3. The van der Waals surface area contributed by atoms with E-state index in [1.54, 1.807) is 12.1 Å². The van der Waals surface area contributed by atoms with Gasteiger partial charge in [-0.15, -0.1) is 13.2 Å². The lowest BCUT2D eigenvalue weighted by atomic mass is 10.1. The molecule has 0 saturated heterocycles. The molecule has 1 amide bonds. The average Bonchev–Trinajstić information content (AvgIpc) is 2.99. The largest absolute Gasteiger partial charge is 0.573 e. The fourth-order valence-corrected chi connectivity index (χ4v) is 2.64. The number of benzene rings is 2. The Morgan fingerprint density at radius 2 is 1.81 bits per heavy atom. The van der Waals surface area contributed by atoms with Gasteiger partial charge in [0, 0.05) is 24.6 Å². The highest BCUT2D eigenvalue weighted by Crippen LogP contribution is 2.27. The van der Waals surface area contributed by atoms with Crippen LogP contribution in [0.5, 0.6) is 5.75 Å². The summed E-state index contributed by atoms with van der Waals surface area (Å²) in [6, 6.07) is 12.5. The molecule has 2 aromatic carbocycles. The highest BCUT2D eigenvalue weighted by atomic mass is 19.4. The SMILES string of the molecule is COCc1c(C(=O)NCc2ccc(OC(F)(F)F)cc2)oc2ccccc12. The number of para-hydroxylation sites is 1. The van der Waals surface area contributed by atoms with Crippen LogP contribution in [0.4, 0.5) is 13.2 Å². The molecule has 0 fully saturated rings. The maximum atomic E-state index is 12.5. The molecule has 1 N–H and O–H groups in total. The van der Waals surface area contributed by atoms with Crippen molar-refractivity contribution >= 4 is 16.9 Å².